The number of hydrogen-bond acceptors (Lipinski definition) is 2. The lowest BCUT2D eigenvalue weighted by Crippen LogP contribution is -2.47. The van der Waals surface area contributed by atoms with Gasteiger partial charge in [-0.05, 0) is 31.6 Å². The van der Waals surface area contributed by atoms with Gasteiger partial charge in [-0.3, -0.25) is 4.79 Å². The van der Waals surface area contributed by atoms with Crippen molar-refractivity contribution in [3.05, 3.63) is 0 Å². The molecular weight excluding hydrogens is 244 g/mol. The lowest BCUT2D eigenvalue weighted by molar-refractivity contribution is -0.143. The third-order valence-electron chi connectivity index (χ3n) is 4.45. The third-order valence-corrected chi connectivity index (χ3v) is 4.45. The first-order chi connectivity index (χ1) is 9.08. The molecule has 0 bridgehead atoms. The molecule has 5 nitrogen and oxygen atoms in total. The van der Waals surface area contributed by atoms with Gasteiger partial charge in [0.2, 0.25) is 0 Å². The molecule has 1 aliphatic carbocycles. The molecule has 2 amide bonds. The van der Waals surface area contributed by atoms with E-state index in [0.717, 1.165) is 6.54 Å². The molecule has 0 aromatic carbocycles. The maximum absolute atomic E-state index is 12.3. The summed E-state index contributed by atoms with van der Waals surface area (Å²) in [5.41, 5.74) is 0. The molecule has 1 N–H and O–H groups in total. The number of hydrogen-bond donors (Lipinski definition) is 1. The van der Waals surface area contributed by atoms with Gasteiger partial charge in [0.05, 0.1) is 5.92 Å². The smallest absolute Gasteiger partial charge is 0.319 e. The maximum atomic E-state index is 12.3. The van der Waals surface area contributed by atoms with Crippen LogP contribution in [0.15, 0.2) is 0 Å². The van der Waals surface area contributed by atoms with Gasteiger partial charge in [-0.15, -0.1) is 0 Å². The fourth-order valence-corrected chi connectivity index (χ4v) is 3.22. The molecule has 2 aliphatic rings. The van der Waals surface area contributed by atoms with Gasteiger partial charge in [0.1, 0.15) is 0 Å². The van der Waals surface area contributed by atoms with Gasteiger partial charge in [0.15, 0.2) is 0 Å². The minimum atomic E-state index is -0.730. The Kier molecular flexibility index (Phi) is 4.66. The summed E-state index contributed by atoms with van der Waals surface area (Å²) in [6.07, 6.45) is 6.21. The van der Waals surface area contributed by atoms with Gasteiger partial charge >= 0.3 is 12.0 Å². The molecule has 1 aliphatic heterocycles. The van der Waals surface area contributed by atoms with Crippen molar-refractivity contribution in [1.29, 1.82) is 0 Å². The summed E-state index contributed by atoms with van der Waals surface area (Å²) in [4.78, 5) is 26.8. The molecule has 0 aromatic heterocycles. The Labute approximate surface area is 114 Å². The SMILES string of the molecule is CN(CC1CCCC1)C(=O)N1CCC(C(=O)O)CC1. The summed E-state index contributed by atoms with van der Waals surface area (Å²) in [5, 5.41) is 8.95. The summed E-state index contributed by atoms with van der Waals surface area (Å²) in [6, 6.07) is 0.0655. The number of rotatable bonds is 3. The average Bonchev–Trinajstić information content (AvgIpc) is 2.90. The van der Waals surface area contributed by atoms with Gasteiger partial charge in [-0.2, -0.15) is 0 Å². The van der Waals surface area contributed by atoms with Crippen LogP contribution in [0.1, 0.15) is 38.5 Å². The third kappa shape index (κ3) is 3.61. The molecule has 19 heavy (non-hydrogen) atoms. The first kappa shape index (κ1) is 14.2. The second kappa shape index (κ2) is 6.26. The van der Waals surface area contributed by atoms with Crippen LogP contribution in [0.25, 0.3) is 0 Å². The molecule has 108 valence electrons. The van der Waals surface area contributed by atoms with Crippen LogP contribution in [0.5, 0.6) is 0 Å². The highest BCUT2D eigenvalue weighted by molar-refractivity contribution is 5.75. The van der Waals surface area contributed by atoms with E-state index in [-0.39, 0.29) is 11.9 Å². The Bertz CT molecular complexity index is 332. The number of amides is 2. The lowest BCUT2D eigenvalue weighted by atomic mass is 9.97. The largest absolute Gasteiger partial charge is 0.481 e. The first-order valence-corrected chi connectivity index (χ1v) is 7.30. The van der Waals surface area contributed by atoms with Gasteiger partial charge in [0.25, 0.3) is 0 Å². The maximum Gasteiger partial charge on any atom is 0.319 e. The summed E-state index contributed by atoms with van der Waals surface area (Å²) in [6.45, 7) is 1.99. The van der Waals surface area contributed by atoms with Crippen molar-refractivity contribution in [2.75, 3.05) is 26.7 Å². The number of piperidine rings is 1. The van der Waals surface area contributed by atoms with E-state index >= 15 is 0 Å². The highest BCUT2D eigenvalue weighted by Crippen LogP contribution is 2.26. The number of carboxylic acid groups (broad SMARTS) is 1. The average molecular weight is 268 g/mol. The molecule has 1 heterocycles. The predicted octanol–water partition coefficient (Wildman–Crippen LogP) is 2.03. The summed E-state index contributed by atoms with van der Waals surface area (Å²) in [5.74, 6) is -0.346. The summed E-state index contributed by atoms with van der Waals surface area (Å²) < 4.78 is 0. The van der Waals surface area contributed by atoms with Crippen molar-refractivity contribution >= 4 is 12.0 Å². The van der Waals surface area contributed by atoms with Crippen LogP contribution in [-0.4, -0.2) is 53.6 Å². The van der Waals surface area contributed by atoms with Gasteiger partial charge < -0.3 is 14.9 Å². The molecule has 2 fully saturated rings. The number of carbonyl (C=O) groups excluding carboxylic acids is 1. The molecule has 1 saturated carbocycles. The normalized spacial score (nSPS) is 21.6. The Morgan fingerprint density at radius 1 is 1.16 bits per heavy atom. The highest BCUT2D eigenvalue weighted by atomic mass is 16.4. The number of carbonyl (C=O) groups is 2. The second-order valence-corrected chi connectivity index (χ2v) is 5.91. The zero-order valence-electron chi connectivity index (χ0n) is 11.7. The van der Waals surface area contributed by atoms with E-state index in [0.29, 0.717) is 31.8 Å². The van der Waals surface area contributed by atoms with Crippen molar-refractivity contribution in [2.24, 2.45) is 11.8 Å². The molecule has 0 radical (unpaired) electrons. The number of likely N-dealkylation sites (tertiary alicyclic amines) is 1. The van der Waals surface area contributed by atoms with Crippen LogP contribution in [0, 0.1) is 11.8 Å². The van der Waals surface area contributed by atoms with Crippen molar-refractivity contribution in [3.63, 3.8) is 0 Å². The van der Waals surface area contributed by atoms with Crippen LogP contribution >= 0.6 is 0 Å². The zero-order chi connectivity index (χ0) is 13.8. The lowest BCUT2D eigenvalue weighted by Gasteiger charge is -2.34. The molecule has 0 unspecified atom stereocenters. The van der Waals surface area contributed by atoms with E-state index in [1.165, 1.54) is 25.7 Å². The van der Waals surface area contributed by atoms with Crippen LogP contribution in [0.4, 0.5) is 4.79 Å². The van der Waals surface area contributed by atoms with Crippen LogP contribution in [0.2, 0.25) is 0 Å². The van der Waals surface area contributed by atoms with Crippen molar-refractivity contribution in [2.45, 2.75) is 38.5 Å². The summed E-state index contributed by atoms with van der Waals surface area (Å²) >= 11 is 0. The fourth-order valence-electron chi connectivity index (χ4n) is 3.22. The number of nitrogens with zero attached hydrogens (tertiary/aromatic N) is 2. The molecule has 2 rings (SSSR count). The topological polar surface area (TPSA) is 60.9 Å². The van der Waals surface area contributed by atoms with Gasteiger partial charge in [-0.25, -0.2) is 4.79 Å². The standard InChI is InChI=1S/C14H24N2O3/c1-15(10-11-4-2-3-5-11)14(19)16-8-6-12(7-9-16)13(17)18/h11-12H,2-10H2,1H3,(H,17,18). The summed E-state index contributed by atoms with van der Waals surface area (Å²) in [7, 11) is 1.87. The van der Waals surface area contributed by atoms with E-state index < -0.39 is 5.97 Å². The Hall–Kier alpha value is -1.26. The molecule has 5 heteroatoms. The number of aliphatic carboxylic acids is 1. The van der Waals surface area contributed by atoms with E-state index in [1.54, 1.807) is 4.90 Å². The quantitative estimate of drug-likeness (QED) is 0.852. The monoisotopic (exact) mass is 268 g/mol. The Morgan fingerprint density at radius 2 is 1.74 bits per heavy atom. The van der Waals surface area contributed by atoms with Crippen LogP contribution in [-0.2, 0) is 4.79 Å². The van der Waals surface area contributed by atoms with E-state index in [2.05, 4.69) is 0 Å². The highest BCUT2D eigenvalue weighted by Gasteiger charge is 2.29. The van der Waals surface area contributed by atoms with E-state index in [4.69, 9.17) is 5.11 Å². The first-order valence-electron chi connectivity index (χ1n) is 7.30. The van der Waals surface area contributed by atoms with Crippen molar-refractivity contribution in [1.82, 2.24) is 9.80 Å². The number of carboxylic acids is 1. The van der Waals surface area contributed by atoms with Crippen molar-refractivity contribution in [3.8, 4) is 0 Å². The minimum absolute atomic E-state index is 0.0655. The minimum Gasteiger partial charge on any atom is -0.481 e. The molecule has 0 aromatic rings. The molecule has 0 atom stereocenters. The van der Waals surface area contributed by atoms with Crippen LogP contribution < -0.4 is 0 Å². The Morgan fingerprint density at radius 3 is 2.26 bits per heavy atom. The molecule has 1 saturated heterocycles. The van der Waals surface area contributed by atoms with Gasteiger partial charge in [-0.1, -0.05) is 12.8 Å². The number of urea groups is 1. The Balaban J connectivity index is 1.78. The zero-order valence-corrected chi connectivity index (χ0v) is 11.7. The fraction of sp³-hybridized carbons (Fsp3) is 0.857. The van der Waals surface area contributed by atoms with Crippen molar-refractivity contribution < 1.29 is 14.7 Å². The van der Waals surface area contributed by atoms with Gasteiger partial charge in [0, 0.05) is 26.7 Å². The molecule has 0 spiro atoms. The second-order valence-electron chi connectivity index (χ2n) is 5.91. The molecular formula is C14H24N2O3. The van der Waals surface area contributed by atoms with E-state index in [9.17, 15) is 9.59 Å². The van der Waals surface area contributed by atoms with Crippen LogP contribution in [0.3, 0.4) is 0 Å². The van der Waals surface area contributed by atoms with E-state index in [1.807, 2.05) is 11.9 Å². The predicted molar refractivity (Wildman–Crippen MR) is 71.9 cm³/mol.